The quantitative estimate of drug-likeness (QED) is 0.807. The second-order valence-corrected chi connectivity index (χ2v) is 5.27. The molecule has 2 heterocycles. The molecule has 0 aromatic carbocycles. The number of rotatable bonds is 6. The van der Waals surface area contributed by atoms with Crippen molar-refractivity contribution >= 4 is 17.5 Å². The number of hydrogen-bond donors (Lipinski definition) is 0. The molecule has 7 nitrogen and oxygen atoms in total. The SMILES string of the molecule is CCCN(CC1CC1)c1nc(Cl)nc(-n2cncn2)n1. The van der Waals surface area contributed by atoms with Crippen LogP contribution in [0, 0.1) is 5.92 Å². The van der Waals surface area contributed by atoms with E-state index in [1.54, 1.807) is 6.33 Å². The molecule has 0 atom stereocenters. The third-order valence-corrected chi connectivity index (χ3v) is 3.33. The normalized spacial score (nSPS) is 14.5. The Morgan fingerprint density at radius 2 is 2.20 bits per heavy atom. The number of halogens is 1. The van der Waals surface area contributed by atoms with Crippen molar-refractivity contribution in [3.05, 3.63) is 17.9 Å². The standard InChI is InChI=1S/C12H16ClN7/c1-2-5-19(6-9-3-4-9)11-16-10(13)17-12(18-11)20-8-14-7-15-20/h7-9H,2-6H2,1H3. The fraction of sp³-hybridized carbons (Fsp3) is 0.583. The lowest BCUT2D eigenvalue weighted by Gasteiger charge is -2.22. The molecule has 0 saturated heterocycles. The van der Waals surface area contributed by atoms with E-state index in [0.29, 0.717) is 11.9 Å². The van der Waals surface area contributed by atoms with Crippen molar-refractivity contribution in [2.24, 2.45) is 5.92 Å². The molecule has 3 rings (SSSR count). The Morgan fingerprint density at radius 1 is 1.35 bits per heavy atom. The van der Waals surface area contributed by atoms with Crippen molar-refractivity contribution in [3.63, 3.8) is 0 Å². The summed E-state index contributed by atoms with van der Waals surface area (Å²) >= 11 is 6.01. The minimum atomic E-state index is 0.178. The first-order chi connectivity index (χ1) is 9.76. The highest BCUT2D eigenvalue weighted by Gasteiger charge is 2.25. The highest BCUT2D eigenvalue weighted by molar-refractivity contribution is 6.28. The summed E-state index contributed by atoms with van der Waals surface area (Å²) < 4.78 is 1.48. The minimum Gasteiger partial charge on any atom is -0.340 e. The number of hydrogen-bond acceptors (Lipinski definition) is 6. The molecule has 0 amide bonds. The van der Waals surface area contributed by atoms with E-state index in [1.807, 2.05) is 0 Å². The smallest absolute Gasteiger partial charge is 0.258 e. The molecular formula is C12H16ClN7. The molecule has 0 unspecified atom stereocenters. The van der Waals surface area contributed by atoms with E-state index < -0.39 is 0 Å². The first-order valence-electron chi connectivity index (χ1n) is 6.77. The summed E-state index contributed by atoms with van der Waals surface area (Å²) in [5.74, 6) is 1.77. The molecule has 0 spiro atoms. The van der Waals surface area contributed by atoms with E-state index in [2.05, 4.69) is 36.9 Å². The maximum absolute atomic E-state index is 6.01. The highest BCUT2D eigenvalue weighted by Crippen LogP contribution is 2.30. The maximum atomic E-state index is 6.01. The molecule has 0 N–H and O–H groups in total. The lowest BCUT2D eigenvalue weighted by atomic mass is 10.3. The van der Waals surface area contributed by atoms with Crippen molar-refractivity contribution in [2.75, 3.05) is 18.0 Å². The van der Waals surface area contributed by atoms with Gasteiger partial charge in [-0.25, -0.2) is 4.98 Å². The predicted octanol–water partition coefficient (Wildman–Crippen LogP) is 1.73. The average molecular weight is 294 g/mol. The molecule has 20 heavy (non-hydrogen) atoms. The molecule has 106 valence electrons. The summed E-state index contributed by atoms with van der Waals surface area (Å²) in [7, 11) is 0. The topological polar surface area (TPSA) is 72.6 Å². The van der Waals surface area contributed by atoms with Gasteiger partial charge in [-0.15, -0.1) is 0 Å². The summed E-state index contributed by atoms with van der Waals surface area (Å²) in [6.07, 6.45) is 6.59. The summed E-state index contributed by atoms with van der Waals surface area (Å²) in [5.41, 5.74) is 0. The Bertz CT molecular complexity index is 567. The molecular weight excluding hydrogens is 278 g/mol. The van der Waals surface area contributed by atoms with Crippen LogP contribution in [0.3, 0.4) is 0 Å². The molecule has 2 aromatic heterocycles. The molecule has 1 fully saturated rings. The van der Waals surface area contributed by atoms with Crippen LogP contribution in [-0.4, -0.2) is 42.8 Å². The first-order valence-corrected chi connectivity index (χ1v) is 7.15. The van der Waals surface area contributed by atoms with Crippen LogP contribution >= 0.6 is 11.6 Å². The van der Waals surface area contributed by atoms with Crippen LogP contribution in [0.1, 0.15) is 26.2 Å². The van der Waals surface area contributed by atoms with Crippen LogP contribution in [0.15, 0.2) is 12.7 Å². The number of aromatic nitrogens is 6. The Morgan fingerprint density at radius 3 is 2.85 bits per heavy atom. The second kappa shape index (κ2) is 5.70. The van der Waals surface area contributed by atoms with Crippen molar-refractivity contribution in [3.8, 4) is 5.95 Å². The van der Waals surface area contributed by atoms with Gasteiger partial charge in [0.2, 0.25) is 11.2 Å². The fourth-order valence-electron chi connectivity index (χ4n) is 2.04. The third-order valence-electron chi connectivity index (χ3n) is 3.16. The Hall–Kier alpha value is -1.76. The van der Waals surface area contributed by atoms with Gasteiger partial charge in [-0.2, -0.15) is 24.7 Å². The molecule has 0 radical (unpaired) electrons. The Labute approximate surface area is 122 Å². The Kier molecular flexibility index (Phi) is 3.77. The van der Waals surface area contributed by atoms with Crippen molar-refractivity contribution in [1.82, 2.24) is 29.7 Å². The molecule has 2 aromatic rings. The van der Waals surface area contributed by atoms with Gasteiger partial charge in [-0.3, -0.25) is 0 Å². The van der Waals surface area contributed by atoms with Crippen molar-refractivity contribution in [1.29, 1.82) is 0 Å². The molecule has 0 bridgehead atoms. The molecule has 8 heteroatoms. The van der Waals surface area contributed by atoms with E-state index >= 15 is 0 Å². The molecule has 0 aliphatic heterocycles. The zero-order chi connectivity index (χ0) is 13.9. The van der Waals surface area contributed by atoms with Crippen LogP contribution in [0.2, 0.25) is 5.28 Å². The summed E-state index contributed by atoms with van der Waals surface area (Å²) in [6.45, 7) is 4.03. The second-order valence-electron chi connectivity index (χ2n) is 4.93. The van der Waals surface area contributed by atoms with Gasteiger partial charge in [0.1, 0.15) is 12.7 Å². The maximum Gasteiger partial charge on any atom is 0.258 e. The van der Waals surface area contributed by atoms with Gasteiger partial charge in [0.05, 0.1) is 0 Å². The third kappa shape index (κ3) is 3.04. The van der Waals surface area contributed by atoms with Gasteiger partial charge in [0.25, 0.3) is 5.95 Å². The number of anilines is 1. The number of nitrogens with zero attached hydrogens (tertiary/aromatic N) is 7. The van der Waals surface area contributed by atoms with Gasteiger partial charge in [0.15, 0.2) is 0 Å². The van der Waals surface area contributed by atoms with Crippen LogP contribution in [-0.2, 0) is 0 Å². The summed E-state index contributed by atoms with van der Waals surface area (Å²) in [5, 5.41) is 4.20. The average Bonchev–Trinajstić information content (AvgIpc) is 3.08. The van der Waals surface area contributed by atoms with E-state index in [1.165, 1.54) is 23.9 Å². The van der Waals surface area contributed by atoms with Crippen molar-refractivity contribution in [2.45, 2.75) is 26.2 Å². The van der Waals surface area contributed by atoms with Gasteiger partial charge in [-0.1, -0.05) is 6.92 Å². The zero-order valence-electron chi connectivity index (χ0n) is 11.3. The largest absolute Gasteiger partial charge is 0.340 e. The van der Waals surface area contributed by atoms with Crippen LogP contribution in [0.5, 0.6) is 0 Å². The molecule has 1 aliphatic rings. The monoisotopic (exact) mass is 293 g/mol. The van der Waals surface area contributed by atoms with Crippen LogP contribution in [0.25, 0.3) is 5.95 Å². The van der Waals surface area contributed by atoms with E-state index in [-0.39, 0.29) is 5.28 Å². The first kappa shape index (κ1) is 13.2. The predicted molar refractivity (Wildman–Crippen MR) is 75.0 cm³/mol. The molecule has 1 aliphatic carbocycles. The minimum absolute atomic E-state index is 0.178. The van der Waals surface area contributed by atoms with Gasteiger partial charge in [0, 0.05) is 13.1 Å². The van der Waals surface area contributed by atoms with Crippen LogP contribution in [0.4, 0.5) is 5.95 Å². The van der Waals surface area contributed by atoms with Crippen molar-refractivity contribution < 1.29 is 0 Å². The van der Waals surface area contributed by atoms with E-state index in [4.69, 9.17) is 11.6 Å². The fourth-order valence-corrected chi connectivity index (χ4v) is 2.19. The van der Waals surface area contributed by atoms with E-state index in [0.717, 1.165) is 25.4 Å². The van der Waals surface area contributed by atoms with Gasteiger partial charge >= 0.3 is 0 Å². The van der Waals surface area contributed by atoms with Gasteiger partial charge in [-0.05, 0) is 36.8 Å². The highest BCUT2D eigenvalue weighted by atomic mass is 35.5. The lowest BCUT2D eigenvalue weighted by Crippen LogP contribution is -2.29. The summed E-state index contributed by atoms with van der Waals surface area (Å²) in [4.78, 5) is 18.9. The summed E-state index contributed by atoms with van der Waals surface area (Å²) in [6, 6.07) is 0. The Balaban J connectivity index is 1.90. The van der Waals surface area contributed by atoms with E-state index in [9.17, 15) is 0 Å². The van der Waals surface area contributed by atoms with Gasteiger partial charge < -0.3 is 4.90 Å². The lowest BCUT2D eigenvalue weighted by molar-refractivity contribution is 0.678. The molecule has 1 saturated carbocycles. The van der Waals surface area contributed by atoms with Crippen LogP contribution < -0.4 is 4.90 Å². The zero-order valence-corrected chi connectivity index (χ0v) is 12.0.